The molecule has 1 fully saturated rings. The number of para-hydroxylation sites is 1. The average molecular weight is 615 g/mol. The number of furan rings is 1. The van der Waals surface area contributed by atoms with Crippen molar-refractivity contribution in [1.29, 1.82) is 5.26 Å². The topological polar surface area (TPSA) is 139 Å². The SMILES string of the molecule is CCN(C(=O)C(C#N)C(C)Cc1ccc2c(c1)CN(CC(=O)N[C@@H](Cc1coc3ccccc13)B(O)O)CC2)C1CCOCC1. The summed E-state index contributed by atoms with van der Waals surface area (Å²) in [5, 5.41) is 33.7. The maximum Gasteiger partial charge on any atom is 0.475 e. The first-order chi connectivity index (χ1) is 21.8. The van der Waals surface area contributed by atoms with Gasteiger partial charge in [-0.1, -0.05) is 43.3 Å². The number of rotatable bonds is 12. The third-order valence-electron chi connectivity index (χ3n) is 9.22. The largest absolute Gasteiger partial charge is 0.475 e. The molecule has 0 bridgehead atoms. The van der Waals surface area contributed by atoms with E-state index in [-0.39, 0.29) is 36.7 Å². The first-order valence-corrected chi connectivity index (χ1v) is 16.0. The number of fused-ring (bicyclic) bond motifs is 2. The fourth-order valence-electron chi connectivity index (χ4n) is 6.73. The number of hydrogen-bond donors (Lipinski definition) is 3. The summed E-state index contributed by atoms with van der Waals surface area (Å²) in [5.74, 6) is -2.14. The van der Waals surface area contributed by atoms with Crippen LogP contribution in [0.2, 0.25) is 0 Å². The highest BCUT2D eigenvalue weighted by Gasteiger charge is 2.33. The maximum atomic E-state index is 13.5. The van der Waals surface area contributed by atoms with Crippen molar-refractivity contribution in [3.63, 3.8) is 0 Å². The summed E-state index contributed by atoms with van der Waals surface area (Å²) < 4.78 is 11.0. The number of amides is 2. The van der Waals surface area contributed by atoms with Crippen molar-refractivity contribution in [2.45, 2.75) is 64.5 Å². The molecular formula is C34H43BN4O6. The number of carbonyl (C=O) groups is 2. The minimum atomic E-state index is -1.72. The van der Waals surface area contributed by atoms with Gasteiger partial charge in [0.05, 0.1) is 24.8 Å². The van der Waals surface area contributed by atoms with E-state index in [9.17, 15) is 24.9 Å². The van der Waals surface area contributed by atoms with Crippen molar-refractivity contribution in [3.8, 4) is 6.07 Å². The molecule has 1 aromatic heterocycles. The van der Waals surface area contributed by atoms with Crippen molar-refractivity contribution in [2.75, 3.05) is 32.8 Å². The van der Waals surface area contributed by atoms with Crippen molar-refractivity contribution in [2.24, 2.45) is 11.8 Å². The molecule has 2 aliphatic rings. The van der Waals surface area contributed by atoms with Crippen molar-refractivity contribution in [1.82, 2.24) is 15.1 Å². The van der Waals surface area contributed by atoms with Gasteiger partial charge in [0.1, 0.15) is 11.5 Å². The average Bonchev–Trinajstić information content (AvgIpc) is 3.44. The molecule has 5 rings (SSSR count). The van der Waals surface area contributed by atoms with Crippen molar-refractivity contribution >= 4 is 29.9 Å². The van der Waals surface area contributed by atoms with Gasteiger partial charge in [-0.15, -0.1) is 0 Å². The summed E-state index contributed by atoms with van der Waals surface area (Å²) in [6.07, 6.45) is 4.81. The van der Waals surface area contributed by atoms with E-state index in [0.717, 1.165) is 41.3 Å². The molecule has 2 amide bonds. The molecule has 45 heavy (non-hydrogen) atoms. The van der Waals surface area contributed by atoms with Gasteiger partial charge in [0, 0.05) is 44.3 Å². The van der Waals surface area contributed by atoms with E-state index < -0.39 is 19.0 Å². The Morgan fingerprint density at radius 2 is 1.93 bits per heavy atom. The second-order valence-electron chi connectivity index (χ2n) is 12.4. The fraction of sp³-hybridized carbons (Fsp3) is 0.500. The van der Waals surface area contributed by atoms with Gasteiger partial charge in [0.2, 0.25) is 11.8 Å². The maximum absolute atomic E-state index is 13.5. The molecule has 2 aliphatic heterocycles. The lowest BCUT2D eigenvalue weighted by atomic mass is 9.76. The Labute approximate surface area is 265 Å². The monoisotopic (exact) mass is 614 g/mol. The Hall–Kier alpha value is -3.69. The molecule has 2 aromatic carbocycles. The highest BCUT2D eigenvalue weighted by Crippen LogP contribution is 2.27. The number of benzene rings is 2. The molecule has 238 valence electrons. The van der Waals surface area contributed by atoms with E-state index in [0.29, 0.717) is 44.9 Å². The zero-order valence-electron chi connectivity index (χ0n) is 26.2. The van der Waals surface area contributed by atoms with Gasteiger partial charge in [-0.3, -0.25) is 14.5 Å². The highest BCUT2D eigenvalue weighted by molar-refractivity contribution is 6.43. The predicted octanol–water partition coefficient (Wildman–Crippen LogP) is 2.88. The molecule has 0 spiro atoms. The molecule has 2 unspecified atom stereocenters. The van der Waals surface area contributed by atoms with Gasteiger partial charge in [-0.2, -0.15) is 5.26 Å². The quantitative estimate of drug-likeness (QED) is 0.265. The summed E-state index contributed by atoms with van der Waals surface area (Å²) in [6, 6.07) is 16.3. The van der Waals surface area contributed by atoms with E-state index in [2.05, 4.69) is 29.6 Å². The summed E-state index contributed by atoms with van der Waals surface area (Å²) in [7, 11) is -1.72. The van der Waals surface area contributed by atoms with Crippen LogP contribution >= 0.6 is 0 Å². The van der Waals surface area contributed by atoms with E-state index in [1.165, 1.54) is 5.56 Å². The zero-order valence-corrected chi connectivity index (χ0v) is 26.2. The Balaban J connectivity index is 1.18. The minimum Gasteiger partial charge on any atom is -0.464 e. The molecular weight excluding hydrogens is 571 g/mol. The van der Waals surface area contributed by atoms with Crippen LogP contribution in [-0.2, 0) is 40.1 Å². The fourth-order valence-corrected chi connectivity index (χ4v) is 6.73. The smallest absolute Gasteiger partial charge is 0.464 e. The third-order valence-corrected chi connectivity index (χ3v) is 9.22. The van der Waals surface area contributed by atoms with Gasteiger partial charge in [-0.05, 0) is 73.3 Å². The molecule has 3 aromatic rings. The molecule has 10 nitrogen and oxygen atoms in total. The lowest BCUT2D eigenvalue weighted by molar-refractivity contribution is -0.139. The van der Waals surface area contributed by atoms with Crippen LogP contribution in [0.4, 0.5) is 0 Å². The Kier molecular flexibility index (Phi) is 10.9. The predicted molar refractivity (Wildman–Crippen MR) is 171 cm³/mol. The van der Waals surface area contributed by atoms with E-state index in [1.807, 2.05) is 47.9 Å². The minimum absolute atomic E-state index is 0.0955. The second kappa shape index (κ2) is 15.1. The summed E-state index contributed by atoms with van der Waals surface area (Å²) in [5.41, 5.74) is 4.91. The Morgan fingerprint density at radius 1 is 1.16 bits per heavy atom. The van der Waals surface area contributed by atoms with Gasteiger partial charge in [0.15, 0.2) is 0 Å². The van der Waals surface area contributed by atoms with Crippen LogP contribution in [0.5, 0.6) is 0 Å². The third kappa shape index (κ3) is 7.94. The van der Waals surface area contributed by atoms with Crippen molar-refractivity contribution < 1.29 is 28.8 Å². The van der Waals surface area contributed by atoms with Crippen LogP contribution in [0.1, 0.15) is 48.9 Å². The second-order valence-corrected chi connectivity index (χ2v) is 12.4. The molecule has 1 saturated heterocycles. The first kappa shape index (κ1) is 32.7. The zero-order chi connectivity index (χ0) is 31.9. The van der Waals surface area contributed by atoms with Gasteiger partial charge in [0.25, 0.3) is 0 Å². The number of carbonyl (C=O) groups excluding carboxylic acids is 2. The molecule has 0 aliphatic carbocycles. The number of nitriles is 1. The summed E-state index contributed by atoms with van der Waals surface area (Å²) in [6.45, 7) is 7.21. The summed E-state index contributed by atoms with van der Waals surface area (Å²) >= 11 is 0. The van der Waals surface area contributed by atoms with Crippen LogP contribution in [0.3, 0.4) is 0 Å². The van der Waals surface area contributed by atoms with Crippen LogP contribution in [0.25, 0.3) is 11.0 Å². The number of nitrogens with one attached hydrogen (secondary N) is 1. The van der Waals surface area contributed by atoms with E-state index in [1.54, 1.807) is 6.26 Å². The van der Waals surface area contributed by atoms with Gasteiger partial charge >= 0.3 is 7.12 Å². The van der Waals surface area contributed by atoms with Gasteiger partial charge in [-0.25, -0.2) is 0 Å². The van der Waals surface area contributed by atoms with Gasteiger partial charge < -0.3 is 29.4 Å². The number of ether oxygens (including phenoxy) is 1. The number of hydrogen-bond acceptors (Lipinski definition) is 8. The number of nitrogens with zero attached hydrogens (tertiary/aromatic N) is 3. The highest BCUT2D eigenvalue weighted by atomic mass is 16.5. The summed E-state index contributed by atoms with van der Waals surface area (Å²) in [4.78, 5) is 30.4. The van der Waals surface area contributed by atoms with E-state index in [4.69, 9.17) is 9.15 Å². The Bertz CT molecular complexity index is 1510. The van der Waals surface area contributed by atoms with Crippen LogP contribution in [0, 0.1) is 23.2 Å². The van der Waals surface area contributed by atoms with Crippen molar-refractivity contribution in [3.05, 3.63) is 71.0 Å². The molecule has 3 heterocycles. The first-order valence-electron chi connectivity index (χ1n) is 16.0. The molecule has 11 heteroatoms. The van der Waals surface area contributed by atoms with Crippen LogP contribution in [-0.4, -0.2) is 83.6 Å². The molecule has 0 radical (unpaired) electrons. The molecule has 3 N–H and O–H groups in total. The lowest BCUT2D eigenvalue weighted by Gasteiger charge is -2.35. The Morgan fingerprint density at radius 3 is 2.67 bits per heavy atom. The molecule has 3 atom stereocenters. The van der Waals surface area contributed by atoms with E-state index >= 15 is 0 Å². The normalized spacial score (nSPS) is 17.6. The standard InChI is InChI=1S/C34H43BN4O6/c1-3-39(28-11-14-44-15-12-28)34(41)30(19-36)23(2)16-24-8-9-25-10-13-38(20-26(25)17-24)21-33(40)37-32(35(42)43)18-27-22-45-31-7-5-4-6-29(27)31/h4-9,17,22-23,28,30,32,42-43H,3,10-16,18,20-21H2,1-2H3,(H,37,40)/t23?,30?,32-/m0/s1. The lowest BCUT2D eigenvalue weighted by Crippen LogP contribution is -2.51. The van der Waals surface area contributed by atoms with Crippen LogP contribution < -0.4 is 5.32 Å². The molecule has 0 saturated carbocycles. The van der Waals surface area contributed by atoms with Crippen LogP contribution in [0.15, 0.2) is 53.1 Å².